The molecule has 3 nitrogen and oxygen atoms in total. The van der Waals surface area contributed by atoms with Crippen LogP contribution in [0.2, 0.25) is 0 Å². The number of hydrogen-bond acceptors (Lipinski definition) is 3. The first kappa shape index (κ1) is 17.5. The minimum absolute atomic E-state index is 0.333. The van der Waals surface area contributed by atoms with Crippen LogP contribution in [0.3, 0.4) is 0 Å². The van der Waals surface area contributed by atoms with Crippen LogP contribution in [0.1, 0.15) is 11.1 Å². The summed E-state index contributed by atoms with van der Waals surface area (Å²) >= 11 is 1.29. The normalized spacial score (nSPS) is 11.7. The molecular formula is C17H13F4N3S. The molecule has 1 heterocycles. The number of rotatable bonds is 4. The monoisotopic (exact) mass is 367 g/mol. The topological polar surface area (TPSA) is 30.7 Å². The molecule has 0 amide bonds. The number of hydrogen-bond donors (Lipinski definition) is 0. The molecule has 0 fully saturated rings. The Bertz CT molecular complexity index is 872. The van der Waals surface area contributed by atoms with Crippen molar-refractivity contribution in [2.45, 2.75) is 17.1 Å². The molecule has 0 atom stereocenters. The Morgan fingerprint density at radius 1 is 1.04 bits per heavy atom. The zero-order chi connectivity index (χ0) is 18.0. The van der Waals surface area contributed by atoms with Gasteiger partial charge in [-0.2, -0.15) is 13.2 Å². The highest BCUT2D eigenvalue weighted by molar-refractivity contribution is 7.98. The van der Waals surface area contributed by atoms with Crippen molar-refractivity contribution in [2.24, 2.45) is 7.05 Å². The highest BCUT2D eigenvalue weighted by Gasteiger charge is 2.30. The highest BCUT2D eigenvalue weighted by atomic mass is 32.2. The van der Waals surface area contributed by atoms with Gasteiger partial charge in [-0.15, -0.1) is 10.2 Å². The van der Waals surface area contributed by atoms with Crippen LogP contribution >= 0.6 is 11.8 Å². The molecule has 0 aliphatic carbocycles. The van der Waals surface area contributed by atoms with Gasteiger partial charge in [-0.25, -0.2) is 4.39 Å². The number of thioether (sulfide) groups is 1. The first-order valence-electron chi connectivity index (χ1n) is 7.29. The van der Waals surface area contributed by atoms with Crippen LogP contribution in [0, 0.1) is 5.82 Å². The van der Waals surface area contributed by atoms with E-state index >= 15 is 0 Å². The molecule has 130 valence electrons. The summed E-state index contributed by atoms with van der Waals surface area (Å²) < 4.78 is 53.0. The van der Waals surface area contributed by atoms with Crippen LogP contribution in [0.4, 0.5) is 17.6 Å². The standard InChI is InChI=1S/C17H13F4N3S/c1-24-15(12-5-7-14(18)8-6-12)22-23-16(24)25-10-11-3-2-4-13(9-11)17(19,20)21/h2-9H,10H2,1H3. The summed E-state index contributed by atoms with van der Waals surface area (Å²) in [5.41, 5.74) is 0.587. The number of benzene rings is 2. The fourth-order valence-electron chi connectivity index (χ4n) is 2.28. The number of halogens is 4. The maximum atomic E-state index is 13.0. The smallest absolute Gasteiger partial charge is 0.305 e. The molecule has 0 spiro atoms. The second kappa shape index (κ2) is 6.87. The Hall–Kier alpha value is -2.35. The van der Waals surface area contributed by atoms with Gasteiger partial charge >= 0.3 is 6.18 Å². The minimum Gasteiger partial charge on any atom is -0.305 e. The predicted molar refractivity (Wildman–Crippen MR) is 87.4 cm³/mol. The first-order valence-corrected chi connectivity index (χ1v) is 8.27. The molecule has 2 aromatic carbocycles. The molecule has 0 aliphatic heterocycles. The number of alkyl halides is 3. The van der Waals surface area contributed by atoms with E-state index in [1.54, 1.807) is 29.8 Å². The van der Waals surface area contributed by atoms with Crippen molar-refractivity contribution in [1.29, 1.82) is 0 Å². The molecule has 0 N–H and O–H groups in total. The Labute approximate surface area is 145 Å². The Morgan fingerprint density at radius 2 is 1.76 bits per heavy atom. The first-order chi connectivity index (χ1) is 11.8. The number of nitrogens with zero attached hydrogens (tertiary/aromatic N) is 3. The summed E-state index contributed by atoms with van der Waals surface area (Å²) in [6.45, 7) is 0. The lowest BCUT2D eigenvalue weighted by molar-refractivity contribution is -0.137. The quantitative estimate of drug-likeness (QED) is 0.484. The fraction of sp³-hybridized carbons (Fsp3) is 0.176. The van der Waals surface area contributed by atoms with Crippen molar-refractivity contribution in [3.8, 4) is 11.4 Å². The molecule has 0 saturated carbocycles. The largest absolute Gasteiger partial charge is 0.416 e. The molecule has 0 radical (unpaired) electrons. The van der Waals surface area contributed by atoms with Gasteiger partial charge < -0.3 is 4.57 Å². The zero-order valence-corrected chi connectivity index (χ0v) is 13.9. The van der Waals surface area contributed by atoms with Crippen molar-refractivity contribution < 1.29 is 17.6 Å². The maximum absolute atomic E-state index is 13.0. The van der Waals surface area contributed by atoms with E-state index in [-0.39, 0.29) is 5.82 Å². The van der Waals surface area contributed by atoms with E-state index in [1.165, 1.54) is 30.0 Å². The van der Waals surface area contributed by atoms with E-state index in [0.717, 1.165) is 12.1 Å². The van der Waals surface area contributed by atoms with Gasteiger partial charge in [-0.3, -0.25) is 0 Å². The maximum Gasteiger partial charge on any atom is 0.416 e. The summed E-state index contributed by atoms with van der Waals surface area (Å²) in [5, 5.41) is 8.70. The number of aromatic nitrogens is 3. The third kappa shape index (κ3) is 4.01. The lowest BCUT2D eigenvalue weighted by atomic mass is 10.1. The third-order valence-electron chi connectivity index (χ3n) is 3.56. The molecule has 0 unspecified atom stereocenters. The van der Waals surface area contributed by atoms with Crippen LogP contribution in [-0.2, 0) is 19.0 Å². The van der Waals surface area contributed by atoms with Gasteiger partial charge in [-0.1, -0.05) is 30.0 Å². The SMILES string of the molecule is Cn1c(SCc2cccc(C(F)(F)F)c2)nnc1-c1ccc(F)cc1. The van der Waals surface area contributed by atoms with Crippen LogP contribution in [-0.4, -0.2) is 14.8 Å². The molecule has 0 aliphatic rings. The van der Waals surface area contributed by atoms with Crippen LogP contribution < -0.4 is 0 Å². The molecule has 3 aromatic rings. The van der Waals surface area contributed by atoms with Gasteiger partial charge in [0, 0.05) is 18.4 Å². The Morgan fingerprint density at radius 3 is 2.44 bits per heavy atom. The molecule has 25 heavy (non-hydrogen) atoms. The molecular weight excluding hydrogens is 354 g/mol. The Kier molecular flexibility index (Phi) is 4.80. The van der Waals surface area contributed by atoms with Crippen molar-refractivity contribution in [2.75, 3.05) is 0 Å². The third-order valence-corrected chi connectivity index (χ3v) is 4.65. The van der Waals surface area contributed by atoms with Crippen LogP contribution in [0.25, 0.3) is 11.4 Å². The molecule has 1 aromatic heterocycles. The lowest BCUT2D eigenvalue weighted by Crippen LogP contribution is -2.05. The van der Waals surface area contributed by atoms with E-state index in [4.69, 9.17) is 0 Å². The van der Waals surface area contributed by atoms with E-state index in [1.807, 2.05) is 0 Å². The molecule has 0 saturated heterocycles. The van der Waals surface area contributed by atoms with Crippen molar-refractivity contribution in [3.05, 3.63) is 65.5 Å². The molecule has 0 bridgehead atoms. The molecule has 8 heteroatoms. The second-order valence-corrected chi connectivity index (χ2v) is 6.30. The lowest BCUT2D eigenvalue weighted by Gasteiger charge is -2.08. The molecule has 3 rings (SSSR count). The average Bonchev–Trinajstić information content (AvgIpc) is 2.94. The average molecular weight is 367 g/mol. The summed E-state index contributed by atoms with van der Waals surface area (Å²) in [4.78, 5) is 0. The van der Waals surface area contributed by atoms with E-state index in [2.05, 4.69) is 10.2 Å². The van der Waals surface area contributed by atoms with Gasteiger partial charge in [0.1, 0.15) is 5.82 Å². The van der Waals surface area contributed by atoms with Gasteiger partial charge in [-0.05, 0) is 35.9 Å². The van der Waals surface area contributed by atoms with Gasteiger partial charge in [0.05, 0.1) is 5.56 Å². The summed E-state index contributed by atoms with van der Waals surface area (Å²) in [5.74, 6) is 0.552. The minimum atomic E-state index is -4.36. The summed E-state index contributed by atoms with van der Waals surface area (Å²) in [7, 11) is 1.76. The van der Waals surface area contributed by atoms with Gasteiger partial charge in [0.15, 0.2) is 11.0 Å². The Balaban J connectivity index is 1.76. The summed E-state index contributed by atoms with van der Waals surface area (Å²) in [6, 6.07) is 11.1. The fourth-order valence-corrected chi connectivity index (χ4v) is 3.13. The van der Waals surface area contributed by atoms with Gasteiger partial charge in [0.2, 0.25) is 0 Å². The summed E-state index contributed by atoms with van der Waals surface area (Å²) in [6.07, 6.45) is -4.36. The van der Waals surface area contributed by atoms with E-state index < -0.39 is 11.7 Å². The van der Waals surface area contributed by atoms with Crippen molar-refractivity contribution in [1.82, 2.24) is 14.8 Å². The van der Waals surface area contributed by atoms with Crippen molar-refractivity contribution >= 4 is 11.8 Å². The van der Waals surface area contributed by atoms with Gasteiger partial charge in [0.25, 0.3) is 0 Å². The zero-order valence-electron chi connectivity index (χ0n) is 13.1. The second-order valence-electron chi connectivity index (χ2n) is 5.36. The van der Waals surface area contributed by atoms with Crippen LogP contribution in [0.5, 0.6) is 0 Å². The van der Waals surface area contributed by atoms with Crippen molar-refractivity contribution in [3.63, 3.8) is 0 Å². The highest BCUT2D eigenvalue weighted by Crippen LogP contribution is 2.31. The predicted octanol–water partition coefficient (Wildman–Crippen LogP) is 4.93. The van der Waals surface area contributed by atoms with E-state index in [9.17, 15) is 17.6 Å². The van der Waals surface area contributed by atoms with Crippen LogP contribution in [0.15, 0.2) is 53.7 Å². The van der Waals surface area contributed by atoms with E-state index in [0.29, 0.717) is 27.9 Å².